The molecule has 1 aliphatic heterocycles. The van der Waals surface area contributed by atoms with Gasteiger partial charge in [0.2, 0.25) is 0 Å². The predicted octanol–water partition coefficient (Wildman–Crippen LogP) is 2.54. The average molecular weight is 261 g/mol. The zero-order chi connectivity index (χ0) is 13.3. The Balaban J connectivity index is 1.78. The highest BCUT2D eigenvalue weighted by atomic mass is 16.6. The van der Waals surface area contributed by atoms with E-state index in [4.69, 9.17) is 9.47 Å². The van der Waals surface area contributed by atoms with Crippen LogP contribution in [0.15, 0.2) is 24.3 Å². The van der Waals surface area contributed by atoms with Crippen molar-refractivity contribution >= 4 is 5.97 Å². The lowest BCUT2D eigenvalue weighted by molar-refractivity contribution is -0.146. The summed E-state index contributed by atoms with van der Waals surface area (Å²) in [4.78, 5) is 12.1. The van der Waals surface area contributed by atoms with Crippen molar-refractivity contribution in [2.45, 2.75) is 43.9 Å². The minimum absolute atomic E-state index is 0.0898. The van der Waals surface area contributed by atoms with Gasteiger partial charge in [0.15, 0.2) is 6.23 Å². The average Bonchev–Trinajstić information content (AvgIpc) is 2.77. The van der Waals surface area contributed by atoms with Crippen LogP contribution in [0.3, 0.4) is 0 Å². The molecule has 1 saturated heterocycles. The molecule has 0 aromatic heterocycles. The Morgan fingerprint density at radius 1 is 1.21 bits per heavy atom. The smallest absolute Gasteiger partial charge is 0.328 e. The third kappa shape index (κ3) is 2.21. The van der Waals surface area contributed by atoms with Gasteiger partial charge in [-0.15, -0.1) is 0 Å². The number of methoxy groups -OCH3 is 1. The van der Waals surface area contributed by atoms with Crippen LogP contribution in [0.4, 0.5) is 0 Å². The fourth-order valence-electron chi connectivity index (χ4n) is 2.99. The molecule has 1 unspecified atom stereocenters. The summed E-state index contributed by atoms with van der Waals surface area (Å²) in [6.07, 6.45) is 4.85. The third-order valence-corrected chi connectivity index (χ3v) is 4.15. The second-order valence-electron chi connectivity index (χ2n) is 5.35. The quantitative estimate of drug-likeness (QED) is 0.831. The van der Waals surface area contributed by atoms with E-state index in [-0.39, 0.29) is 12.2 Å². The third-order valence-electron chi connectivity index (χ3n) is 4.15. The van der Waals surface area contributed by atoms with E-state index >= 15 is 0 Å². The number of carbonyl (C=O) groups is 1. The van der Waals surface area contributed by atoms with Gasteiger partial charge in [-0.05, 0) is 25.0 Å². The largest absolute Gasteiger partial charge is 0.497 e. The van der Waals surface area contributed by atoms with Crippen molar-refractivity contribution in [2.75, 3.05) is 7.11 Å². The summed E-state index contributed by atoms with van der Waals surface area (Å²) in [6.45, 7) is 0. The number of esters is 1. The number of ether oxygens (including phenoxy) is 2. The van der Waals surface area contributed by atoms with Crippen molar-refractivity contribution in [3.05, 3.63) is 29.8 Å². The SMILES string of the molecule is COc1ccc(C2NC3(CCCCC3)C(=O)O2)cc1. The molecule has 1 saturated carbocycles. The fraction of sp³-hybridized carbons (Fsp3) is 0.533. The van der Waals surface area contributed by atoms with Gasteiger partial charge in [-0.2, -0.15) is 0 Å². The number of hydrogen-bond donors (Lipinski definition) is 1. The summed E-state index contributed by atoms with van der Waals surface area (Å²) < 4.78 is 10.7. The Morgan fingerprint density at radius 3 is 2.53 bits per heavy atom. The van der Waals surface area contributed by atoms with Gasteiger partial charge in [0, 0.05) is 5.56 Å². The van der Waals surface area contributed by atoms with Crippen LogP contribution in [-0.2, 0) is 9.53 Å². The summed E-state index contributed by atoms with van der Waals surface area (Å²) in [5, 5.41) is 3.40. The highest BCUT2D eigenvalue weighted by Crippen LogP contribution is 2.37. The molecule has 4 heteroatoms. The lowest BCUT2D eigenvalue weighted by atomic mass is 9.82. The number of cyclic esters (lactones) is 1. The van der Waals surface area contributed by atoms with Crippen LogP contribution in [-0.4, -0.2) is 18.6 Å². The lowest BCUT2D eigenvalue weighted by Crippen LogP contribution is -2.47. The topological polar surface area (TPSA) is 47.6 Å². The Morgan fingerprint density at radius 2 is 1.89 bits per heavy atom. The minimum Gasteiger partial charge on any atom is -0.497 e. The van der Waals surface area contributed by atoms with Crippen LogP contribution >= 0.6 is 0 Å². The molecular weight excluding hydrogens is 242 g/mol. The molecular formula is C15H19NO3. The Bertz CT molecular complexity index is 463. The molecule has 2 fully saturated rings. The first-order valence-corrected chi connectivity index (χ1v) is 6.86. The molecule has 0 bridgehead atoms. The van der Waals surface area contributed by atoms with Gasteiger partial charge in [0.25, 0.3) is 0 Å². The first-order chi connectivity index (χ1) is 9.23. The summed E-state index contributed by atoms with van der Waals surface area (Å²) in [7, 11) is 1.64. The molecule has 4 nitrogen and oxygen atoms in total. The maximum atomic E-state index is 12.1. The Hall–Kier alpha value is -1.55. The molecule has 2 aliphatic rings. The van der Waals surface area contributed by atoms with Crippen molar-refractivity contribution < 1.29 is 14.3 Å². The maximum Gasteiger partial charge on any atom is 0.328 e. The number of nitrogens with one attached hydrogen (secondary N) is 1. The molecule has 3 rings (SSSR count). The zero-order valence-corrected chi connectivity index (χ0v) is 11.1. The molecule has 0 radical (unpaired) electrons. The normalized spacial score (nSPS) is 25.3. The Kier molecular flexibility index (Phi) is 3.19. The summed E-state index contributed by atoms with van der Waals surface area (Å²) in [5.41, 5.74) is 0.527. The highest BCUT2D eigenvalue weighted by molar-refractivity contribution is 5.83. The molecule has 102 valence electrons. The minimum atomic E-state index is -0.442. The number of hydrogen-bond acceptors (Lipinski definition) is 4. The van der Waals surface area contributed by atoms with E-state index in [2.05, 4.69) is 5.32 Å². The molecule has 19 heavy (non-hydrogen) atoms. The molecule has 1 aromatic carbocycles. The summed E-state index contributed by atoms with van der Waals surface area (Å²) >= 11 is 0. The second-order valence-corrected chi connectivity index (χ2v) is 5.35. The molecule has 0 amide bonds. The predicted molar refractivity (Wildman–Crippen MR) is 70.8 cm³/mol. The molecule has 1 aromatic rings. The van der Waals surface area contributed by atoms with Gasteiger partial charge in [-0.25, -0.2) is 4.79 Å². The van der Waals surface area contributed by atoms with E-state index in [0.29, 0.717) is 0 Å². The van der Waals surface area contributed by atoms with E-state index in [1.165, 1.54) is 6.42 Å². The van der Waals surface area contributed by atoms with E-state index in [0.717, 1.165) is 37.0 Å². The first kappa shape index (κ1) is 12.5. The van der Waals surface area contributed by atoms with E-state index in [1.54, 1.807) is 7.11 Å². The van der Waals surface area contributed by atoms with Crippen molar-refractivity contribution in [1.82, 2.24) is 5.32 Å². The maximum absolute atomic E-state index is 12.1. The zero-order valence-electron chi connectivity index (χ0n) is 11.1. The highest BCUT2D eigenvalue weighted by Gasteiger charge is 2.49. The van der Waals surface area contributed by atoms with Crippen LogP contribution in [0.5, 0.6) is 5.75 Å². The standard InChI is InChI=1S/C15H19NO3/c1-18-12-7-5-11(6-8-12)13-16-15(14(17)19-13)9-3-2-4-10-15/h5-8,13,16H,2-4,9-10H2,1H3. The monoisotopic (exact) mass is 261 g/mol. The van der Waals surface area contributed by atoms with Crippen LogP contribution in [0, 0.1) is 0 Å². The lowest BCUT2D eigenvalue weighted by Gasteiger charge is -2.29. The molecule has 1 spiro atoms. The molecule has 1 heterocycles. The molecule has 1 N–H and O–H groups in total. The van der Waals surface area contributed by atoms with Crippen LogP contribution in [0.25, 0.3) is 0 Å². The summed E-state index contributed by atoms with van der Waals surface area (Å²) in [6, 6.07) is 7.64. The van der Waals surface area contributed by atoms with E-state index in [9.17, 15) is 4.79 Å². The second kappa shape index (κ2) is 4.85. The number of rotatable bonds is 2. The van der Waals surface area contributed by atoms with Crippen LogP contribution in [0.1, 0.15) is 43.9 Å². The van der Waals surface area contributed by atoms with E-state index < -0.39 is 5.54 Å². The van der Waals surface area contributed by atoms with Gasteiger partial charge in [0.05, 0.1) is 7.11 Å². The van der Waals surface area contributed by atoms with Crippen molar-refractivity contribution in [3.63, 3.8) is 0 Å². The van der Waals surface area contributed by atoms with Gasteiger partial charge in [-0.3, -0.25) is 5.32 Å². The molecule has 1 aliphatic carbocycles. The van der Waals surface area contributed by atoms with Crippen molar-refractivity contribution in [3.8, 4) is 5.75 Å². The van der Waals surface area contributed by atoms with Gasteiger partial charge in [0.1, 0.15) is 11.3 Å². The molecule has 1 atom stereocenters. The van der Waals surface area contributed by atoms with Gasteiger partial charge in [-0.1, -0.05) is 31.4 Å². The van der Waals surface area contributed by atoms with Crippen LogP contribution < -0.4 is 10.1 Å². The number of carbonyl (C=O) groups excluding carboxylic acids is 1. The van der Waals surface area contributed by atoms with Crippen molar-refractivity contribution in [1.29, 1.82) is 0 Å². The number of benzene rings is 1. The van der Waals surface area contributed by atoms with Gasteiger partial charge >= 0.3 is 5.97 Å². The van der Waals surface area contributed by atoms with E-state index in [1.807, 2.05) is 24.3 Å². The Labute approximate surface area is 113 Å². The first-order valence-electron chi connectivity index (χ1n) is 6.86. The fourth-order valence-corrected chi connectivity index (χ4v) is 2.99. The summed E-state index contributed by atoms with van der Waals surface area (Å²) in [5.74, 6) is 0.716. The van der Waals surface area contributed by atoms with Crippen molar-refractivity contribution in [2.24, 2.45) is 0 Å². The van der Waals surface area contributed by atoms with Gasteiger partial charge < -0.3 is 9.47 Å². The van der Waals surface area contributed by atoms with Crippen LogP contribution in [0.2, 0.25) is 0 Å².